The summed E-state index contributed by atoms with van der Waals surface area (Å²) in [6.07, 6.45) is 4.22. The van der Waals surface area contributed by atoms with E-state index in [4.69, 9.17) is 0 Å². The van der Waals surface area contributed by atoms with Gasteiger partial charge >= 0.3 is 0 Å². The van der Waals surface area contributed by atoms with Gasteiger partial charge in [0.1, 0.15) is 0 Å². The molecule has 2 N–H and O–H groups in total. The molecule has 1 fully saturated rings. The van der Waals surface area contributed by atoms with Crippen molar-refractivity contribution in [2.45, 2.75) is 19.4 Å². The molecule has 0 unspecified atom stereocenters. The van der Waals surface area contributed by atoms with Gasteiger partial charge in [0.15, 0.2) is 5.82 Å². The predicted octanol–water partition coefficient (Wildman–Crippen LogP) is -0.0419. The van der Waals surface area contributed by atoms with Crippen LogP contribution in [0.1, 0.15) is 13.3 Å². The molecule has 5 nitrogen and oxygen atoms in total. The molecule has 1 aliphatic heterocycles. The Balaban J connectivity index is 2.23. The first-order valence-electron chi connectivity index (χ1n) is 5.34. The zero-order valence-electron chi connectivity index (χ0n) is 8.86. The Morgan fingerprint density at radius 1 is 1.60 bits per heavy atom. The summed E-state index contributed by atoms with van der Waals surface area (Å²) in [5.41, 5.74) is -0.0992. The van der Waals surface area contributed by atoms with Crippen LogP contribution in [0.4, 0.5) is 5.82 Å². The van der Waals surface area contributed by atoms with E-state index in [1.54, 1.807) is 12.4 Å². The Kier molecular flexibility index (Phi) is 3.01. The van der Waals surface area contributed by atoms with Crippen LogP contribution >= 0.6 is 0 Å². The summed E-state index contributed by atoms with van der Waals surface area (Å²) in [6.45, 7) is 4.87. The number of rotatable bonds is 4. The highest BCUT2D eigenvalue weighted by Gasteiger charge is 2.26. The predicted molar refractivity (Wildman–Crippen MR) is 59.2 cm³/mol. The molecule has 0 atom stereocenters. The van der Waals surface area contributed by atoms with E-state index in [0.717, 1.165) is 26.1 Å². The summed E-state index contributed by atoms with van der Waals surface area (Å²) >= 11 is 0. The average molecular weight is 208 g/mol. The maximum Gasteiger partial charge on any atom is 0.290 e. The number of aromatic amines is 1. The Labute approximate surface area is 88.5 Å². The van der Waals surface area contributed by atoms with Crippen molar-refractivity contribution in [1.82, 2.24) is 15.3 Å². The van der Waals surface area contributed by atoms with Crippen LogP contribution < -0.4 is 15.8 Å². The zero-order chi connectivity index (χ0) is 10.7. The maximum atomic E-state index is 11.6. The molecule has 2 rings (SSSR count). The Morgan fingerprint density at radius 2 is 2.40 bits per heavy atom. The molecule has 0 spiro atoms. The minimum Gasteiger partial charge on any atom is -0.346 e. The molecule has 0 aliphatic carbocycles. The van der Waals surface area contributed by atoms with Crippen molar-refractivity contribution in [3.8, 4) is 0 Å². The highest BCUT2D eigenvalue weighted by molar-refractivity contribution is 5.38. The van der Waals surface area contributed by atoms with Crippen LogP contribution in [0.2, 0.25) is 0 Å². The lowest BCUT2D eigenvalue weighted by Crippen LogP contribution is -2.58. The van der Waals surface area contributed by atoms with Gasteiger partial charge < -0.3 is 15.2 Å². The van der Waals surface area contributed by atoms with Crippen molar-refractivity contribution in [3.63, 3.8) is 0 Å². The van der Waals surface area contributed by atoms with Gasteiger partial charge in [-0.15, -0.1) is 0 Å². The van der Waals surface area contributed by atoms with Gasteiger partial charge in [-0.3, -0.25) is 4.79 Å². The van der Waals surface area contributed by atoms with Crippen molar-refractivity contribution in [2.75, 3.05) is 24.5 Å². The first-order chi connectivity index (χ1) is 7.33. The van der Waals surface area contributed by atoms with E-state index in [2.05, 4.69) is 27.1 Å². The van der Waals surface area contributed by atoms with Crippen LogP contribution in [0, 0.1) is 0 Å². The normalized spacial score (nSPS) is 16.1. The quantitative estimate of drug-likeness (QED) is 0.729. The number of nitrogens with one attached hydrogen (secondary N) is 2. The fraction of sp³-hybridized carbons (Fsp3) is 0.600. The first kappa shape index (κ1) is 10.2. The minimum absolute atomic E-state index is 0.0992. The van der Waals surface area contributed by atoms with Gasteiger partial charge in [0.05, 0.1) is 6.04 Å². The molecule has 82 valence electrons. The second-order valence-corrected chi connectivity index (χ2v) is 3.75. The van der Waals surface area contributed by atoms with E-state index < -0.39 is 0 Å². The molecule has 0 aromatic carbocycles. The lowest BCUT2D eigenvalue weighted by atomic mass is 10.1. The average Bonchev–Trinajstić information content (AvgIpc) is 2.15. The molecule has 1 aliphatic rings. The molecule has 1 saturated heterocycles. The van der Waals surface area contributed by atoms with Crippen molar-refractivity contribution >= 4 is 5.82 Å². The van der Waals surface area contributed by atoms with E-state index in [1.165, 1.54) is 0 Å². The van der Waals surface area contributed by atoms with Gasteiger partial charge in [-0.05, 0) is 6.42 Å². The van der Waals surface area contributed by atoms with Gasteiger partial charge in [-0.2, -0.15) is 0 Å². The van der Waals surface area contributed by atoms with Gasteiger partial charge in [0, 0.05) is 32.0 Å². The molecule has 5 heteroatoms. The number of anilines is 1. The van der Waals surface area contributed by atoms with Crippen LogP contribution in [-0.4, -0.2) is 35.6 Å². The summed E-state index contributed by atoms with van der Waals surface area (Å²) < 4.78 is 0. The lowest BCUT2D eigenvalue weighted by Gasteiger charge is -2.38. The van der Waals surface area contributed by atoms with Gasteiger partial charge in [-0.25, -0.2) is 4.98 Å². The number of H-pyrrole nitrogens is 1. The Bertz CT molecular complexity index is 372. The second-order valence-electron chi connectivity index (χ2n) is 3.75. The monoisotopic (exact) mass is 208 g/mol. The Morgan fingerprint density at radius 3 is 2.93 bits per heavy atom. The van der Waals surface area contributed by atoms with Crippen molar-refractivity contribution in [1.29, 1.82) is 0 Å². The number of hydrogen-bond donors (Lipinski definition) is 2. The molecule has 1 aromatic rings. The van der Waals surface area contributed by atoms with Crippen LogP contribution in [0.25, 0.3) is 0 Å². The smallest absolute Gasteiger partial charge is 0.290 e. The van der Waals surface area contributed by atoms with E-state index in [9.17, 15) is 4.79 Å². The molecule has 2 heterocycles. The fourth-order valence-corrected chi connectivity index (χ4v) is 1.74. The summed E-state index contributed by atoms with van der Waals surface area (Å²) in [5.74, 6) is 0.547. The summed E-state index contributed by atoms with van der Waals surface area (Å²) in [4.78, 5) is 20.5. The first-order valence-corrected chi connectivity index (χ1v) is 5.34. The van der Waals surface area contributed by atoms with E-state index in [0.29, 0.717) is 11.9 Å². The largest absolute Gasteiger partial charge is 0.346 e. The van der Waals surface area contributed by atoms with E-state index in [-0.39, 0.29) is 5.56 Å². The lowest BCUT2D eigenvalue weighted by molar-refractivity contribution is 0.409. The highest BCUT2D eigenvalue weighted by Crippen LogP contribution is 2.11. The summed E-state index contributed by atoms with van der Waals surface area (Å²) in [7, 11) is 0. The third-order valence-electron chi connectivity index (χ3n) is 2.63. The summed E-state index contributed by atoms with van der Waals surface area (Å²) in [6, 6.07) is 0.418. The molecule has 0 saturated carbocycles. The highest BCUT2D eigenvalue weighted by atomic mass is 16.1. The van der Waals surface area contributed by atoms with Crippen LogP contribution in [0.5, 0.6) is 0 Å². The number of aromatic nitrogens is 2. The molecule has 0 bridgehead atoms. The summed E-state index contributed by atoms with van der Waals surface area (Å²) in [5, 5.41) is 3.21. The van der Waals surface area contributed by atoms with E-state index >= 15 is 0 Å². The maximum absolute atomic E-state index is 11.6. The molecule has 15 heavy (non-hydrogen) atoms. The van der Waals surface area contributed by atoms with Crippen molar-refractivity contribution in [2.24, 2.45) is 0 Å². The minimum atomic E-state index is -0.0992. The topological polar surface area (TPSA) is 61.0 Å². The third-order valence-corrected chi connectivity index (χ3v) is 2.63. The molecular weight excluding hydrogens is 192 g/mol. The van der Waals surface area contributed by atoms with Crippen LogP contribution in [0.15, 0.2) is 17.2 Å². The second kappa shape index (κ2) is 4.44. The van der Waals surface area contributed by atoms with Gasteiger partial charge in [0.2, 0.25) is 0 Å². The van der Waals surface area contributed by atoms with Crippen molar-refractivity contribution < 1.29 is 0 Å². The Hall–Kier alpha value is -1.36. The molecule has 1 aromatic heterocycles. The van der Waals surface area contributed by atoms with Crippen LogP contribution in [0.3, 0.4) is 0 Å². The molecule has 0 radical (unpaired) electrons. The van der Waals surface area contributed by atoms with E-state index in [1.807, 2.05) is 0 Å². The molecular formula is C10H16N4O. The zero-order valence-corrected chi connectivity index (χ0v) is 8.86. The fourth-order valence-electron chi connectivity index (χ4n) is 1.74. The van der Waals surface area contributed by atoms with Crippen LogP contribution in [-0.2, 0) is 0 Å². The number of hydrogen-bond acceptors (Lipinski definition) is 4. The third kappa shape index (κ3) is 2.02. The van der Waals surface area contributed by atoms with Gasteiger partial charge in [-0.1, -0.05) is 6.92 Å². The van der Waals surface area contributed by atoms with Crippen molar-refractivity contribution in [3.05, 3.63) is 22.7 Å². The standard InChI is InChI=1S/C10H16N4O/c1-2-5-14(8-6-11-7-8)9-10(15)13-4-3-12-9/h3-4,8,11H,2,5-7H2,1H3,(H,13,15). The van der Waals surface area contributed by atoms with Gasteiger partial charge in [0.25, 0.3) is 5.56 Å². The number of nitrogens with zero attached hydrogens (tertiary/aromatic N) is 2. The molecule has 0 amide bonds. The SMILES string of the molecule is CCCN(c1ncc[nH]c1=O)C1CNC1.